The van der Waals surface area contributed by atoms with Gasteiger partial charge in [-0.05, 0) is 299 Å². The molecule has 4 aromatic carbocycles. The molecular formula is C114H164F8O4. The van der Waals surface area contributed by atoms with Gasteiger partial charge in [0.15, 0.2) is 46.3 Å². The second-order valence-corrected chi connectivity index (χ2v) is 39.7. The van der Waals surface area contributed by atoms with E-state index in [1.807, 2.05) is 0 Å². The quantitative estimate of drug-likeness (QED) is 0.0265. The highest BCUT2D eigenvalue weighted by molar-refractivity contribution is 5.45. The topological polar surface area (TPSA) is 36.9 Å². The lowest BCUT2D eigenvalue weighted by Crippen LogP contribution is -2.25. The van der Waals surface area contributed by atoms with E-state index in [0.29, 0.717) is 50.1 Å². The normalized spacial score (nSPS) is 26.0. The minimum atomic E-state index is -0.912. The van der Waals surface area contributed by atoms with Crippen molar-refractivity contribution in [1.29, 1.82) is 0 Å². The molecule has 0 saturated heterocycles. The molecule has 0 aromatic heterocycles. The summed E-state index contributed by atoms with van der Waals surface area (Å²) in [5.74, 6) is 29.5. The first-order valence-electron chi connectivity index (χ1n) is 52.0. The number of benzene rings is 4. The van der Waals surface area contributed by atoms with Gasteiger partial charge in [-0.1, -0.05) is 270 Å². The van der Waals surface area contributed by atoms with E-state index in [4.69, 9.17) is 18.9 Å². The second-order valence-electron chi connectivity index (χ2n) is 39.7. The first kappa shape index (κ1) is 103. The van der Waals surface area contributed by atoms with Crippen molar-refractivity contribution in [2.45, 2.75) is 402 Å². The first-order valence-corrected chi connectivity index (χ1v) is 52.0. The molecule has 8 saturated carbocycles. The highest BCUT2D eigenvalue weighted by Gasteiger charge is 2.36. The highest BCUT2D eigenvalue weighted by Crippen LogP contribution is 2.47. The molecular weight excluding hydrogens is 1590 g/mol. The van der Waals surface area contributed by atoms with Crippen LogP contribution in [-0.4, -0.2) is 26.4 Å². The number of halogens is 8. The Morgan fingerprint density at radius 3 is 0.643 bits per heavy atom. The molecule has 0 radical (unpaired) electrons. The van der Waals surface area contributed by atoms with Crippen molar-refractivity contribution in [1.82, 2.24) is 0 Å². The third-order valence-corrected chi connectivity index (χ3v) is 30.6. The summed E-state index contributed by atoms with van der Waals surface area (Å²) in [6, 6.07) is 12.3. The van der Waals surface area contributed by atoms with Crippen molar-refractivity contribution in [2.24, 2.45) is 94.7 Å². The minimum Gasteiger partial charge on any atom is -0.490 e. The van der Waals surface area contributed by atoms with Gasteiger partial charge >= 0.3 is 0 Å². The van der Waals surface area contributed by atoms with Gasteiger partial charge in [0.05, 0.1) is 48.7 Å². The average Bonchev–Trinajstić information content (AvgIpc) is 0.837. The fourth-order valence-electron chi connectivity index (χ4n) is 22.3. The molecule has 0 bridgehead atoms. The maximum Gasteiger partial charge on any atom is 0.201 e. The first-order chi connectivity index (χ1) is 61.5. The van der Waals surface area contributed by atoms with Gasteiger partial charge in [-0.25, -0.2) is 17.6 Å². The van der Waals surface area contributed by atoms with E-state index in [1.165, 1.54) is 243 Å². The third-order valence-electron chi connectivity index (χ3n) is 30.6. The predicted molar refractivity (Wildman–Crippen MR) is 505 cm³/mol. The molecule has 12 rings (SSSR count). The molecule has 700 valence electrons. The Hall–Kier alpha value is -6.24. The average molecular weight is 1750 g/mol. The molecule has 8 aliphatic carbocycles. The van der Waals surface area contributed by atoms with Crippen molar-refractivity contribution in [3.8, 4) is 70.4 Å². The van der Waals surface area contributed by atoms with Crippen molar-refractivity contribution < 1.29 is 54.1 Å². The predicted octanol–water partition coefficient (Wildman–Crippen LogP) is 34.0. The minimum absolute atomic E-state index is 0.00486. The Morgan fingerprint density at radius 1 is 0.214 bits per heavy atom. The summed E-state index contributed by atoms with van der Waals surface area (Å²) < 4.78 is 137. The molecule has 126 heavy (non-hydrogen) atoms. The Kier molecular flexibility index (Phi) is 48.1. The second kappa shape index (κ2) is 58.5. The maximum absolute atomic E-state index is 14.5. The van der Waals surface area contributed by atoms with Crippen LogP contribution in [0.15, 0.2) is 48.5 Å². The van der Waals surface area contributed by atoms with E-state index in [1.54, 1.807) is 24.3 Å². The van der Waals surface area contributed by atoms with Gasteiger partial charge in [-0.15, -0.1) is 0 Å². The number of hydrogen-bond acceptors (Lipinski definition) is 4. The lowest BCUT2D eigenvalue weighted by atomic mass is 9.69. The van der Waals surface area contributed by atoms with Gasteiger partial charge in [0.2, 0.25) is 23.3 Å². The molecule has 4 aromatic rings. The van der Waals surface area contributed by atoms with Crippen LogP contribution in [0, 0.1) is 189 Å². The van der Waals surface area contributed by atoms with Crippen LogP contribution in [0.4, 0.5) is 35.1 Å². The van der Waals surface area contributed by atoms with Crippen LogP contribution >= 0.6 is 0 Å². The van der Waals surface area contributed by atoms with Gasteiger partial charge in [0.1, 0.15) is 0 Å². The summed E-state index contributed by atoms with van der Waals surface area (Å²) in [4.78, 5) is 0. The summed E-state index contributed by atoms with van der Waals surface area (Å²) in [7, 11) is 0. The van der Waals surface area contributed by atoms with Gasteiger partial charge < -0.3 is 18.9 Å². The van der Waals surface area contributed by atoms with Crippen LogP contribution in [-0.2, 0) is 0 Å². The molecule has 0 N–H and O–H groups in total. The number of ether oxygens (including phenoxy) is 4. The van der Waals surface area contributed by atoms with E-state index in [0.717, 1.165) is 199 Å². The van der Waals surface area contributed by atoms with Crippen molar-refractivity contribution in [3.63, 3.8) is 0 Å². The Morgan fingerprint density at radius 2 is 0.421 bits per heavy atom. The lowest BCUT2D eigenvalue weighted by molar-refractivity contribution is 0.153. The van der Waals surface area contributed by atoms with E-state index >= 15 is 0 Å². The van der Waals surface area contributed by atoms with Crippen LogP contribution in [0.25, 0.3) is 0 Å². The van der Waals surface area contributed by atoms with E-state index in [2.05, 4.69) is 103 Å². The zero-order valence-corrected chi connectivity index (χ0v) is 79.5. The molecule has 8 fully saturated rings. The van der Waals surface area contributed by atoms with E-state index in [9.17, 15) is 35.1 Å². The number of rotatable bonds is 34. The number of unbranched alkanes of at least 4 members (excludes halogenated alkanes) is 11. The van der Waals surface area contributed by atoms with Gasteiger partial charge in [-0.3, -0.25) is 0 Å². The molecule has 12 heteroatoms. The molecule has 8 aliphatic rings. The van der Waals surface area contributed by atoms with Gasteiger partial charge in [0, 0.05) is 23.7 Å². The van der Waals surface area contributed by atoms with E-state index < -0.39 is 46.5 Å². The molecule has 0 amide bonds. The summed E-state index contributed by atoms with van der Waals surface area (Å²) in [5.41, 5.74) is 0.594. The van der Waals surface area contributed by atoms with Crippen LogP contribution in [0.1, 0.15) is 424 Å². The summed E-state index contributed by atoms with van der Waals surface area (Å²) in [6.07, 6.45) is 66.8. The van der Waals surface area contributed by atoms with Crippen molar-refractivity contribution in [2.75, 3.05) is 26.4 Å². The third kappa shape index (κ3) is 34.5. The number of hydrogen-bond donors (Lipinski definition) is 0. The zero-order chi connectivity index (χ0) is 89.6. The molecule has 0 spiro atoms. The molecule has 4 nitrogen and oxygen atoms in total. The SMILES string of the molecule is CCCCCOc1ccc(C#CC2CCC(C3CCC(CC)CC3)CC2)c(F)c1F.CCCCCOc1ccc(C#CC2CCC(C3CCC(CCC)CC3)CC2)c(F)c1F.CCCCCOc1ccc(C#CC2CCC(C3CCC(CCCC)CC3)CC2)c(F)c1F.CCCCCOc1ccc(C#CC2CCC(C3CCC(CCCCC)CC3)CC2)c(F)c1F. The largest absolute Gasteiger partial charge is 0.490 e. The van der Waals surface area contributed by atoms with Crippen molar-refractivity contribution >= 4 is 0 Å². The fourth-order valence-corrected chi connectivity index (χ4v) is 22.3. The van der Waals surface area contributed by atoms with Crippen LogP contribution in [0.5, 0.6) is 23.0 Å². The molecule has 0 unspecified atom stereocenters. The van der Waals surface area contributed by atoms with Gasteiger partial charge in [0.25, 0.3) is 0 Å². The summed E-state index contributed by atoms with van der Waals surface area (Å²) in [6.45, 7) is 19.2. The fraction of sp³-hybridized carbons (Fsp3) is 0.719. The summed E-state index contributed by atoms with van der Waals surface area (Å²) >= 11 is 0. The maximum atomic E-state index is 14.5. The highest BCUT2D eigenvalue weighted by atomic mass is 19.2. The Labute approximate surface area is 760 Å². The molecule has 0 heterocycles. The molecule has 0 aliphatic heterocycles. The Balaban J connectivity index is 0.000000190. The zero-order valence-electron chi connectivity index (χ0n) is 79.5. The smallest absolute Gasteiger partial charge is 0.201 e. The Bertz CT molecular complexity index is 3980. The van der Waals surface area contributed by atoms with Crippen LogP contribution in [0.2, 0.25) is 0 Å². The molecule has 0 atom stereocenters. The standard InChI is InChI=1S/C30H44F2O.C29H42F2O.C28H40F2O.C27H38F2O/c1-3-5-7-9-23-10-15-25(16-11-23)26-17-12-24(13-18-26)14-19-27-20-21-28(30(32)29(27)31)33-22-8-6-4-2;1-3-5-7-21-32-27-20-19-26(28(30)29(27)31)18-13-23-11-16-25(17-12-23)24-14-9-22(10-15-24)8-6-4-2;1-3-5-6-20-31-26-19-18-25(27(29)28(26)30)17-12-22-10-15-24(16-11-22)23-13-8-21(7-4-2)9-14-23;1-3-5-6-19-30-25-18-17-24(26(28)27(25)29)16-11-21-9-14-23(15-10-21)22-12-7-20(4-2)8-13-22/h20-21,23-26H,3-13,15-18,22H2,1-2H3;19-20,22-25H,3-12,14-17,21H2,1-2H3;18-19,21-24H,3-11,13-16,20H2,1-2H3;17-18,20-23H,3-10,12-15,19H2,1-2H3. The summed E-state index contributed by atoms with van der Waals surface area (Å²) in [5, 5.41) is 0. The monoisotopic (exact) mass is 1750 g/mol. The van der Waals surface area contributed by atoms with Crippen LogP contribution < -0.4 is 18.9 Å². The van der Waals surface area contributed by atoms with Crippen LogP contribution in [0.3, 0.4) is 0 Å². The van der Waals surface area contributed by atoms with Gasteiger partial charge in [-0.2, -0.15) is 17.6 Å². The lowest BCUT2D eigenvalue weighted by Gasteiger charge is -2.37. The van der Waals surface area contributed by atoms with Crippen molar-refractivity contribution in [3.05, 3.63) is 117 Å². The van der Waals surface area contributed by atoms with E-state index in [-0.39, 0.29) is 45.3 Å².